The third-order valence-corrected chi connectivity index (χ3v) is 10.3. The van der Waals surface area contributed by atoms with Crippen LogP contribution in [0.4, 0.5) is 0 Å². The Balaban J connectivity index is 1.67. The Morgan fingerprint density at radius 1 is 0.933 bits per heavy atom. The van der Waals surface area contributed by atoms with Gasteiger partial charge in [-0.25, -0.2) is 0 Å². The van der Waals surface area contributed by atoms with Crippen molar-refractivity contribution in [2.75, 3.05) is 14.2 Å². The van der Waals surface area contributed by atoms with E-state index in [9.17, 15) is 14.4 Å². The summed E-state index contributed by atoms with van der Waals surface area (Å²) >= 11 is 0. The molecular weight excluding hydrogens is 568 g/mol. The predicted octanol–water partition coefficient (Wildman–Crippen LogP) is 3.62. The molecule has 1 aliphatic carbocycles. The number of hydrogen-bond acceptors (Lipinski definition) is 7. The second kappa shape index (κ2) is 11.5. The van der Waals surface area contributed by atoms with Gasteiger partial charge in [-0.1, -0.05) is 20.8 Å². The van der Waals surface area contributed by atoms with Crippen molar-refractivity contribution in [3.05, 3.63) is 72.5 Å². The summed E-state index contributed by atoms with van der Waals surface area (Å²) < 4.78 is 10.2. The Kier molecular flexibility index (Phi) is 7.83. The smallest absolute Gasteiger partial charge is 0.321 e. The van der Waals surface area contributed by atoms with E-state index in [1.807, 2.05) is 6.92 Å². The van der Waals surface area contributed by atoms with Gasteiger partial charge in [0.25, 0.3) is 0 Å². The number of ketones is 1. The van der Waals surface area contributed by atoms with E-state index in [2.05, 4.69) is 68.1 Å². The molecule has 0 aromatic carbocycles. The first-order chi connectivity index (χ1) is 21.5. The zero-order valence-corrected chi connectivity index (χ0v) is 27.4. The van der Waals surface area contributed by atoms with Gasteiger partial charge in [0.2, 0.25) is 0 Å². The number of aromatic nitrogens is 2. The Morgan fingerprint density at radius 3 is 2.33 bits per heavy atom. The fourth-order valence-electron chi connectivity index (χ4n) is 7.66. The number of aliphatic imine (C=N–C) groups is 1. The summed E-state index contributed by atoms with van der Waals surface area (Å²) in [5.74, 6) is -2.63. The minimum atomic E-state index is -1.13. The van der Waals surface area contributed by atoms with Gasteiger partial charge < -0.3 is 24.8 Å². The van der Waals surface area contributed by atoms with Crippen LogP contribution in [0.2, 0.25) is 0 Å². The minimum Gasteiger partial charge on any atom is -0.469 e. The molecule has 0 fully saturated rings. The molecule has 0 spiro atoms. The maximum absolute atomic E-state index is 14.1. The first-order valence-electron chi connectivity index (χ1n) is 15.9. The molecule has 236 valence electrons. The molecule has 3 aliphatic heterocycles. The SMILES string of the molecule is CCc1c2[nH]c(c1C)C=C1N=C(C3=C4NC(C=c5[nH]c(c(C)c5CC)=C2)C(C)=C4C(=O)C3C(=O)OC)C(CCC(=O)OC)C1C. The molecule has 0 saturated heterocycles. The number of carbonyl (C=O) groups is 3. The van der Waals surface area contributed by atoms with E-state index < -0.39 is 11.9 Å². The maximum Gasteiger partial charge on any atom is 0.321 e. The van der Waals surface area contributed by atoms with Crippen LogP contribution in [0.3, 0.4) is 0 Å². The number of allylic oxidation sites excluding steroid dienone is 2. The third kappa shape index (κ3) is 4.75. The van der Waals surface area contributed by atoms with E-state index in [1.54, 1.807) is 0 Å². The summed E-state index contributed by atoms with van der Waals surface area (Å²) in [4.78, 5) is 52.2. The molecule has 0 amide bonds. The van der Waals surface area contributed by atoms with E-state index in [0.29, 0.717) is 29.0 Å². The number of methoxy groups -OCH3 is 2. The summed E-state index contributed by atoms with van der Waals surface area (Å²) in [5, 5.41) is 5.66. The first-order valence-corrected chi connectivity index (χ1v) is 15.9. The number of esters is 2. The number of Topliss-reactive ketones (excluding diaryl/α,β-unsaturated/α-hetero) is 1. The molecule has 4 unspecified atom stereocenters. The molecule has 8 bridgehead atoms. The minimum absolute atomic E-state index is 0.0835. The number of fused-ring (bicyclic) bond motifs is 7. The van der Waals surface area contributed by atoms with Crippen molar-refractivity contribution >= 4 is 41.7 Å². The topological polar surface area (TPSA) is 126 Å². The standard InChI is InChI=1S/C36H42N4O5/c1-9-20-16(3)23-13-25-18(5)22(11-12-29(41)44-7)33(39-25)31-32(36(43)45-8)35(42)30-19(6)26(40-34(30)31)15-28-21(10-2)17(4)24(38-28)14-27(20)37-23/h13-15,18,22,26,32,37-38,40H,9-12H2,1-8H3. The van der Waals surface area contributed by atoms with Gasteiger partial charge in [-0.15, -0.1) is 0 Å². The second-order valence-electron chi connectivity index (χ2n) is 12.5. The van der Waals surface area contributed by atoms with Crippen molar-refractivity contribution in [1.29, 1.82) is 0 Å². The Morgan fingerprint density at radius 2 is 1.67 bits per heavy atom. The predicted molar refractivity (Wildman–Crippen MR) is 174 cm³/mol. The van der Waals surface area contributed by atoms with Crippen LogP contribution in [0.1, 0.15) is 74.2 Å². The molecule has 9 heteroatoms. The Labute approximate surface area is 263 Å². The van der Waals surface area contributed by atoms with Gasteiger partial charge in [0, 0.05) is 57.2 Å². The van der Waals surface area contributed by atoms with Crippen molar-refractivity contribution in [2.24, 2.45) is 22.7 Å². The monoisotopic (exact) mass is 610 g/mol. The summed E-state index contributed by atoms with van der Waals surface area (Å²) in [5.41, 5.74) is 10.9. The highest BCUT2D eigenvalue weighted by molar-refractivity contribution is 6.26. The number of H-pyrrole nitrogens is 2. The first kappa shape index (κ1) is 30.6. The van der Waals surface area contributed by atoms with Gasteiger partial charge in [-0.3, -0.25) is 19.4 Å². The largest absolute Gasteiger partial charge is 0.469 e. The lowest BCUT2D eigenvalue weighted by atomic mass is 9.81. The zero-order valence-electron chi connectivity index (χ0n) is 27.4. The number of aromatic amines is 2. The number of ether oxygens (including phenoxy) is 2. The molecule has 6 rings (SSSR count). The van der Waals surface area contributed by atoms with Gasteiger partial charge in [0.1, 0.15) is 5.92 Å². The lowest BCUT2D eigenvalue weighted by Crippen LogP contribution is -2.32. The van der Waals surface area contributed by atoms with Crippen molar-refractivity contribution in [1.82, 2.24) is 15.3 Å². The van der Waals surface area contributed by atoms with Crippen LogP contribution in [0.25, 0.3) is 18.2 Å². The van der Waals surface area contributed by atoms with Crippen molar-refractivity contribution in [3.63, 3.8) is 0 Å². The van der Waals surface area contributed by atoms with Gasteiger partial charge in [0.15, 0.2) is 5.78 Å². The van der Waals surface area contributed by atoms with E-state index in [-0.39, 0.29) is 36.1 Å². The number of hydrogen-bond donors (Lipinski definition) is 3. The molecule has 5 heterocycles. The Hall–Kier alpha value is -4.40. The van der Waals surface area contributed by atoms with Gasteiger partial charge >= 0.3 is 11.9 Å². The van der Waals surface area contributed by atoms with E-state index in [0.717, 1.165) is 51.8 Å². The fourth-order valence-corrected chi connectivity index (χ4v) is 7.66. The van der Waals surface area contributed by atoms with Crippen molar-refractivity contribution in [3.8, 4) is 0 Å². The number of nitrogens with zero attached hydrogens (tertiary/aromatic N) is 1. The molecule has 9 nitrogen and oxygen atoms in total. The summed E-state index contributed by atoms with van der Waals surface area (Å²) in [6.45, 7) is 12.6. The number of rotatable bonds is 6. The van der Waals surface area contributed by atoms with Crippen LogP contribution in [-0.4, -0.2) is 53.7 Å². The highest BCUT2D eigenvalue weighted by Crippen LogP contribution is 2.46. The lowest BCUT2D eigenvalue weighted by molar-refractivity contribution is -0.146. The second-order valence-corrected chi connectivity index (χ2v) is 12.5. The van der Waals surface area contributed by atoms with E-state index in [4.69, 9.17) is 14.5 Å². The zero-order chi connectivity index (χ0) is 32.3. The van der Waals surface area contributed by atoms with Crippen LogP contribution in [0, 0.1) is 31.6 Å². The van der Waals surface area contributed by atoms with Crippen molar-refractivity contribution < 1.29 is 23.9 Å². The average molecular weight is 611 g/mol. The molecule has 3 N–H and O–H groups in total. The summed E-state index contributed by atoms with van der Waals surface area (Å²) in [6.07, 6.45) is 8.79. The molecule has 2 aromatic heterocycles. The molecule has 0 saturated carbocycles. The molecule has 4 atom stereocenters. The van der Waals surface area contributed by atoms with E-state index in [1.165, 1.54) is 30.9 Å². The molecule has 45 heavy (non-hydrogen) atoms. The highest BCUT2D eigenvalue weighted by Gasteiger charge is 2.51. The highest BCUT2D eigenvalue weighted by atomic mass is 16.5. The quantitative estimate of drug-likeness (QED) is 0.339. The normalized spacial score (nSPS) is 23.4. The van der Waals surface area contributed by atoms with E-state index >= 15 is 0 Å². The van der Waals surface area contributed by atoms with Crippen LogP contribution in [0.15, 0.2) is 33.1 Å². The summed E-state index contributed by atoms with van der Waals surface area (Å²) in [6, 6.07) is -0.259. The van der Waals surface area contributed by atoms with Gasteiger partial charge in [-0.2, -0.15) is 0 Å². The summed E-state index contributed by atoms with van der Waals surface area (Å²) in [7, 11) is 2.69. The van der Waals surface area contributed by atoms with Gasteiger partial charge in [-0.05, 0) is 86.1 Å². The van der Waals surface area contributed by atoms with Crippen LogP contribution in [-0.2, 0) is 36.7 Å². The van der Waals surface area contributed by atoms with Crippen LogP contribution >= 0.6 is 0 Å². The average Bonchev–Trinajstić information content (AvgIpc) is 3.76. The molecule has 4 aliphatic rings. The van der Waals surface area contributed by atoms with Crippen LogP contribution < -0.4 is 16.0 Å². The van der Waals surface area contributed by atoms with Gasteiger partial charge in [0.05, 0.1) is 31.7 Å². The Bertz CT molecular complexity index is 1900. The fraction of sp³-hybridized carbons (Fsp3) is 0.444. The molecular formula is C36H42N4O5. The van der Waals surface area contributed by atoms with Crippen LogP contribution in [0.5, 0.6) is 0 Å². The number of carbonyl (C=O) groups excluding carboxylic acids is 3. The maximum atomic E-state index is 14.1. The lowest BCUT2D eigenvalue weighted by Gasteiger charge is -2.22. The third-order valence-electron chi connectivity index (χ3n) is 10.3. The molecule has 0 radical (unpaired) electrons. The molecule has 2 aromatic rings. The van der Waals surface area contributed by atoms with Crippen molar-refractivity contribution in [2.45, 2.75) is 73.3 Å². The number of nitrogens with one attached hydrogen (secondary N) is 3.